The van der Waals surface area contributed by atoms with Gasteiger partial charge in [0.05, 0.1) is 13.7 Å². The van der Waals surface area contributed by atoms with Crippen LogP contribution in [0, 0.1) is 0 Å². The number of para-hydroxylation sites is 1. The fraction of sp³-hybridized carbons (Fsp3) is 0.133. The second-order valence-corrected chi connectivity index (χ2v) is 4.90. The molecule has 1 N–H and O–H groups in total. The topological polar surface area (TPSA) is 41.8 Å². The summed E-state index contributed by atoms with van der Waals surface area (Å²) in [5, 5.41) is 9.70. The number of methoxy groups -OCH3 is 1. The minimum atomic E-state index is 0.215. The van der Waals surface area contributed by atoms with Crippen molar-refractivity contribution in [2.75, 3.05) is 7.11 Å². The van der Waals surface area contributed by atoms with Gasteiger partial charge in [-0.05, 0) is 24.3 Å². The van der Waals surface area contributed by atoms with Crippen LogP contribution in [0.3, 0.4) is 0 Å². The summed E-state index contributed by atoms with van der Waals surface area (Å²) < 4.78 is 6.17. The molecule has 0 aliphatic rings. The zero-order valence-electron chi connectivity index (χ0n) is 10.5. The van der Waals surface area contributed by atoms with E-state index in [0.29, 0.717) is 12.1 Å². The fourth-order valence-electron chi connectivity index (χ4n) is 1.70. The first kappa shape index (κ1) is 13.6. The van der Waals surface area contributed by atoms with Crippen molar-refractivity contribution in [2.24, 2.45) is 4.99 Å². The molecule has 2 aromatic carbocycles. The maximum Gasteiger partial charge on any atom is 0.124 e. The highest BCUT2D eigenvalue weighted by molar-refractivity contribution is 9.10. The molecule has 0 fully saturated rings. The molecule has 2 rings (SSSR count). The molecular weight excluding hydrogens is 306 g/mol. The van der Waals surface area contributed by atoms with Crippen molar-refractivity contribution in [2.45, 2.75) is 6.54 Å². The van der Waals surface area contributed by atoms with E-state index in [1.54, 1.807) is 25.5 Å². The molecule has 0 radical (unpaired) electrons. The molecule has 0 heterocycles. The maximum atomic E-state index is 9.70. The summed E-state index contributed by atoms with van der Waals surface area (Å²) in [5.74, 6) is 1.03. The Kier molecular flexibility index (Phi) is 4.58. The molecule has 0 aliphatic carbocycles. The predicted molar refractivity (Wildman–Crippen MR) is 80.1 cm³/mol. The largest absolute Gasteiger partial charge is 0.507 e. The lowest BCUT2D eigenvalue weighted by molar-refractivity contribution is 0.410. The van der Waals surface area contributed by atoms with Crippen molar-refractivity contribution >= 4 is 22.1 Å². The SMILES string of the molecule is COc1ccccc1CN=Cc1cc(Br)ccc1O. The van der Waals surface area contributed by atoms with E-state index in [4.69, 9.17) is 4.74 Å². The van der Waals surface area contributed by atoms with Crippen molar-refractivity contribution < 1.29 is 9.84 Å². The molecule has 4 heteroatoms. The van der Waals surface area contributed by atoms with E-state index in [0.717, 1.165) is 15.8 Å². The highest BCUT2D eigenvalue weighted by Crippen LogP contribution is 2.21. The van der Waals surface area contributed by atoms with Gasteiger partial charge in [-0.25, -0.2) is 0 Å². The second kappa shape index (κ2) is 6.38. The summed E-state index contributed by atoms with van der Waals surface area (Å²) in [5.41, 5.74) is 1.69. The van der Waals surface area contributed by atoms with Crippen LogP contribution in [0.1, 0.15) is 11.1 Å². The molecule has 0 amide bonds. The van der Waals surface area contributed by atoms with E-state index in [1.165, 1.54) is 0 Å². The van der Waals surface area contributed by atoms with E-state index in [-0.39, 0.29) is 5.75 Å². The smallest absolute Gasteiger partial charge is 0.124 e. The van der Waals surface area contributed by atoms with Gasteiger partial charge in [-0.2, -0.15) is 0 Å². The van der Waals surface area contributed by atoms with Gasteiger partial charge in [0.2, 0.25) is 0 Å². The van der Waals surface area contributed by atoms with Crippen molar-refractivity contribution in [1.29, 1.82) is 0 Å². The third-order valence-corrected chi connectivity index (χ3v) is 3.17. The van der Waals surface area contributed by atoms with E-state index < -0.39 is 0 Å². The zero-order valence-corrected chi connectivity index (χ0v) is 12.1. The van der Waals surface area contributed by atoms with Gasteiger partial charge in [-0.3, -0.25) is 4.99 Å². The normalized spacial score (nSPS) is 10.8. The number of nitrogens with zero attached hydrogens (tertiary/aromatic N) is 1. The molecule has 0 unspecified atom stereocenters. The predicted octanol–water partition coefficient (Wildman–Crippen LogP) is 3.78. The summed E-state index contributed by atoms with van der Waals surface area (Å²) in [6.07, 6.45) is 1.66. The summed E-state index contributed by atoms with van der Waals surface area (Å²) in [4.78, 5) is 4.34. The van der Waals surface area contributed by atoms with Gasteiger partial charge in [-0.1, -0.05) is 34.1 Å². The number of phenolic OH excluding ortho intramolecular Hbond substituents is 1. The maximum absolute atomic E-state index is 9.70. The van der Waals surface area contributed by atoms with Gasteiger partial charge in [0.1, 0.15) is 11.5 Å². The van der Waals surface area contributed by atoms with Gasteiger partial charge in [-0.15, -0.1) is 0 Å². The van der Waals surface area contributed by atoms with Crippen molar-refractivity contribution in [3.63, 3.8) is 0 Å². The first-order chi connectivity index (χ1) is 9.20. The van der Waals surface area contributed by atoms with Crippen LogP contribution in [0.15, 0.2) is 51.9 Å². The number of phenols is 1. The number of benzene rings is 2. The number of aromatic hydroxyl groups is 1. The van der Waals surface area contributed by atoms with E-state index >= 15 is 0 Å². The highest BCUT2D eigenvalue weighted by atomic mass is 79.9. The minimum absolute atomic E-state index is 0.215. The molecule has 0 atom stereocenters. The Hall–Kier alpha value is -1.81. The molecule has 0 saturated carbocycles. The van der Waals surface area contributed by atoms with E-state index in [1.807, 2.05) is 30.3 Å². The monoisotopic (exact) mass is 319 g/mol. The summed E-state index contributed by atoms with van der Waals surface area (Å²) in [6, 6.07) is 13.0. The Morgan fingerprint density at radius 2 is 2.05 bits per heavy atom. The Morgan fingerprint density at radius 1 is 1.26 bits per heavy atom. The van der Waals surface area contributed by atoms with Crippen molar-refractivity contribution in [1.82, 2.24) is 0 Å². The van der Waals surface area contributed by atoms with Gasteiger partial charge < -0.3 is 9.84 Å². The molecule has 0 aliphatic heterocycles. The zero-order chi connectivity index (χ0) is 13.7. The van der Waals surface area contributed by atoms with Crippen LogP contribution >= 0.6 is 15.9 Å². The van der Waals surface area contributed by atoms with Gasteiger partial charge in [0.15, 0.2) is 0 Å². The second-order valence-electron chi connectivity index (χ2n) is 3.98. The van der Waals surface area contributed by atoms with E-state index in [9.17, 15) is 5.11 Å². The number of ether oxygens (including phenoxy) is 1. The molecule has 19 heavy (non-hydrogen) atoms. The first-order valence-corrected chi connectivity index (χ1v) is 6.60. The minimum Gasteiger partial charge on any atom is -0.507 e. The lowest BCUT2D eigenvalue weighted by atomic mass is 10.2. The summed E-state index contributed by atoms with van der Waals surface area (Å²) >= 11 is 3.36. The van der Waals surface area contributed by atoms with Crippen LogP contribution in [0.2, 0.25) is 0 Å². The summed E-state index contributed by atoms with van der Waals surface area (Å²) in [7, 11) is 1.64. The lowest BCUT2D eigenvalue weighted by Crippen LogP contribution is -1.91. The average Bonchev–Trinajstić information content (AvgIpc) is 2.43. The standard InChI is InChI=1S/C15H14BrNO2/c1-19-15-5-3-2-4-11(15)9-17-10-12-8-13(16)6-7-14(12)18/h2-8,10,18H,9H2,1H3. The van der Waals surface area contributed by atoms with Crippen LogP contribution in [-0.4, -0.2) is 18.4 Å². The van der Waals surface area contributed by atoms with Crippen molar-refractivity contribution in [3.8, 4) is 11.5 Å². The average molecular weight is 320 g/mol. The molecule has 0 saturated heterocycles. The Labute approximate surface area is 120 Å². The number of hydrogen-bond acceptors (Lipinski definition) is 3. The van der Waals surface area contributed by atoms with Crippen LogP contribution in [0.4, 0.5) is 0 Å². The molecular formula is C15H14BrNO2. The van der Waals surface area contributed by atoms with Crippen LogP contribution in [0.5, 0.6) is 11.5 Å². The van der Waals surface area contributed by atoms with Crippen molar-refractivity contribution in [3.05, 3.63) is 58.1 Å². The van der Waals surface area contributed by atoms with Crippen LogP contribution in [0.25, 0.3) is 0 Å². The first-order valence-electron chi connectivity index (χ1n) is 5.81. The van der Waals surface area contributed by atoms with Crippen LogP contribution < -0.4 is 4.74 Å². The number of rotatable bonds is 4. The number of aliphatic imine (C=N–C) groups is 1. The third kappa shape index (κ3) is 3.58. The Balaban J connectivity index is 2.13. The summed E-state index contributed by atoms with van der Waals surface area (Å²) in [6.45, 7) is 0.510. The number of halogens is 1. The number of hydrogen-bond donors (Lipinski definition) is 1. The van der Waals surface area contributed by atoms with Gasteiger partial charge >= 0.3 is 0 Å². The molecule has 3 nitrogen and oxygen atoms in total. The quantitative estimate of drug-likeness (QED) is 0.871. The lowest BCUT2D eigenvalue weighted by Gasteiger charge is -2.05. The molecule has 2 aromatic rings. The Bertz CT molecular complexity index is 596. The van der Waals surface area contributed by atoms with Gasteiger partial charge in [0, 0.05) is 21.8 Å². The van der Waals surface area contributed by atoms with E-state index in [2.05, 4.69) is 20.9 Å². The third-order valence-electron chi connectivity index (χ3n) is 2.67. The molecule has 0 aromatic heterocycles. The highest BCUT2D eigenvalue weighted by Gasteiger charge is 2.01. The molecule has 0 spiro atoms. The molecule has 98 valence electrons. The Morgan fingerprint density at radius 3 is 2.84 bits per heavy atom. The van der Waals surface area contributed by atoms with Gasteiger partial charge in [0.25, 0.3) is 0 Å². The fourth-order valence-corrected chi connectivity index (χ4v) is 2.08. The molecule has 0 bridgehead atoms. The van der Waals surface area contributed by atoms with Crippen LogP contribution in [-0.2, 0) is 6.54 Å².